The Morgan fingerprint density at radius 3 is 2.35 bits per heavy atom. The molecule has 1 aromatic heterocycles. The van der Waals surface area contributed by atoms with Crippen LogP contribution >= 0.6 is 0 Å². The molecule has 0 atom stereocenters. The van der Waals surface area contributed by atoms with Crippen LogP contribution in [0.2, 0.25) is 0 Å². The number of sulfonamides is 1. The second-order valence-corrected chi connectivity index (χ2v) is 8.61. The molecule has 0 spiro atoms. The number of rotatable bonds is 6. The Kier molecular flexibility index (Phi) is 4.79. The highest BCUT2D eigenvalue weighted by Crippen LogP contribution is 2.28. The molecule has 0 unspecified atom stereocenters. The maximum Gasteiger partial charge on any atom is 0.268 e. The summed E-state index contributed by atoms with van der Waals surface area (Å²) in [5.41, 5.74) is 2.44. The molecular weight excluding hydrogens is 352 g/mol. The number of carbonyl (C=O) groups excluding carboxylic acids is 1. The predicted octanol–water partition coefficient (Wildman–Crippen LogP) is 1.82. The van der Waals surface area contributed by atoms with Gasteiger partial charge in [-0.3, -0.25) is 13.8 Å². The van der Waals surface area contributed by atoms with Gasteiger partial charge in [0.25, 0.3) is 10.0 Å². The van der Waals surface area contributed by atoms with E-state index in [4.69, 9.17) is 0 Å². The van der Waals surface area contributed by atoms with Crippen molar-refractivity contribution in [2.24, 2.45) is 7.05 Å². The molecule has 0 aliphatic heterocycles. The van der Waals surface area contributed by atoms with Crippen LogP contribution in [-0.4, -0.2) is 36.7 Å². The highest BCUT2D eigenvalue weighted by atomic mass is 32.2. The lowest BCUT2D eigenvalue weighted by molar-refractivity contribution is -0.119. The number of aryl methyl sites for hydroxylation is 3. The predicted molar refractivity (Wildman–Crippen MR) is 99.6 cm³/mol. The van der Waals surface area contributed by atoms with Gasteiger partial charge in [0.2, 0.25) is 5.91 Å². The molecule has 1 fully saturated rings. The summed E-state index contributed by atoms with van der Waals surface area (Å²) in [6, 6.07) is 7.28. The van der Waals surface area contributed by atoms with Gasteiger partial charge in [-0.2, -0.15) is 5.10 Å². The highest BCUT2D eigenvalue weighted by molar-refractivity contribution is 7.93. The van der Waals surface area contributed by atoms with Crippen LogP contribution in [0.15, 0.2) is 29.2 Å². The Morgan fingerprint density at radius 1 is 1.23 bits per heavy atom. The van der Waals surface area contributed by atoms with E-state index < -0.39 is 10.0 Å². The van der Waals surface area contributed by atoms with Gasteiger partial charge < -0.3 is 5.32 Å². The zero-order valence-corrected chi connectivity index (χ0v) is 16.3. The molecule has 0 radical (unpaired) electrons. The molecule has 2 aromatic rings. The van der Waals surface area contributed by atoms with Gasteiger partial charge in [-0.05, 0) is 45.7 Å². The molecule has 1 N–H and O–H groups in total. The number of nitrogens with one attached hydrogen (secondary N) is 1. The summed E-state index contributed by atoms with van der Waals surface area (Å²) in [5.74, 6) is -0.296. The number of anilines is 1. The van der Waals surface area contributed by atoms with Crippen molar-refractivity contribution in [1.29, 1.82) is 0 Å². The van der Waals surface area contributed by atoms with Crippen molar-refractivity contribution in [2.75, 3.05) is 10.8 Å². The maximum absolute atomic E-state index is 13.4. The van der Waals surface area contributed by atoms with Crippen molar-refractivity contribution < 1.29 is 13.2 Å². The van der Waals surface area contributed by atoms with E-state index in [1.165, 1.54) is 4.31 Å². The van der Waals surface area contributed by atoms with Gasteiger partial charge in [0, 0.05) is 13.1 Å². The molecule has 7 nitrogen and oxygen atoms in total. The Balaban J connectivity index is 2.03. The SMILES string of the molecule is Cc1ccc(N(CC(=O)NC2CC2)S(=O)(=O)c2c(C)nn(C)c2C)cc1. The summed E-state index contributed by atoms with van der Waals surface area (Å²) in [5, 5.41) is 7.07. The Morgan fingerprint density at radius 2 is 1.85 bits per heavy atom. The number of aromatic nitrogens is 2. The van der Waals surface area contributed by atoms with E-state index in [2.05, 4.69) is 10.4 Å². The number of benzene rings is 1. The highest BCUT2D eigenvalue weighted by Gasteiger charge is 2.33. The van der Waals surface area contributed by atoms with Crippen LogP contribution in [0.25, 0.3) is 0 Å². The summed E-state index contributed by atoms with van der Waals surface area (Å²) in [6.07, 6.45) is 1.90. The maximum atomic E-state index is 13.4. The monoisotopic (exact) mass is 376 g/mol. The molecule has 0 bridgehead atoms. The van der Waals surface area contributed by atoms with Crippen LogP contribution < -0.4 is 9.62 Å². The van der Waals surface area contributed by atoms with Crippen molar-refractivity contribution in [3.8, 4) is 0 Å². The molecule has 1 aliphatic rings. The molecule has 1 aromatic carbocycles. The largest absolute Gasteiger partial charge is 0.352 e. The second kappa shape index (κ2) is 6.75. The average Bonchev–Trinajstić information content (AvgIpc) is 3.32. The number of hydrogen-bond acceptors (Lipinski definition) is 4. The van der Waals surface area contributed by atoms with Crippen molar-refractivity contribution in [3.63, 3.8) is 0 Å². The van der Waals surface area contributed by atoms with Gasteiger partial charge in [0.05, 0.1) is 17.1 Å². The molecule has 8 heteroatoms. The number of carbonyl (C=O) groups is 1. The normalized spacial score (nSPS) is 14.3. The average molecular weight is 376 g/mol. The van der Waals surface area contributed by atoms with E-state index in [0.717, 1.165) is 18.4 Å². The van der Waals surface area contributed by atoms with Crippen LogP contribution in [0, 0.1) is 20.8 Å². The van der Waals surface area contributed by atoms with Gasteiger partial charge in [0.15, 0.2) is 0 Å². The number of hydrogen-bond donors (Lipinski definition) is 1. The van der Waals surface area contributed by atoms with Gasteiger partial charge in [-0.25, -0.2) is 8.42 Å². The summed E-state index contributed by atoms with van der Waals surface area (Å²) in [4.78, 5) is 12.5. The lowest BCUT2D eigenvalue weighted by Gasteiger charge is -2.24. The first-order valence-corrected chi connectivity index (χ1v) is 10.0. The Labute approximate surface area is 154 Å². The van der Waals surface area contributed by atoms with Crippen LogP contribution in [0.4, 0.5) is 5.69 Å². The molecule has 26 heavy (non-hydrogen) atoms. The first-order valence-electron chi connectivity index (χ1n) is 8.59. The smallest absolute Gasteiger partial charge is 0.268 e. The molecular formula is C18H24N4O3S. The summed E-state index contributed by atoms with van der Waals surface area (Å²) < 4.78 is 29.5. The zero-order valence-electron chi connectivity index (χ0n) is 15.5. The van der Waals surface area contributed by atoms with Gasteiger partial charge in [-0.15, -0.1) is 0 Å². The van der Waals surface area contributed by atoms with E-state index in [0.29, 0.717) is 17.1 Å². The van der Waals surface area contributed by atoms with E-state index in [9.17, 15) is 13.2 Å². The standard InChI is InChI=1S/C18H24N4O3S/c1-12-5-9-16(10-6-12)22(11-17(23)19-15-7-8-15)26(24,25)18-13(2)20-21(4)14(18)3/h5-6,9-10,15H,7-8,11H2,1-4H3,(H,19,23). The summed E-state index contributed by atoms with van der Waals surface area (Å²) in [7, 11) is -2.22. The molecule has 1 aliphatic carbocycles. The summed E-state index contributed by atoms with van der Waals surface area (Å²) >= 11 is 0. The fraction of sp³-hybridized carbons (Fsp3) is 0.444. The van der Waals surface area contributed by atoms with E-state index in [-0.39, 0.29) is 23.4 Å². The van der Waals surface area contributed by atoms with E-state index >= 15 is 0 Å². The molecule has 1 saturated carbocycles. The van der Waals surface area contributed by atoms with Crippen LogP contribution in [-0.2, 0) is 21.9 Å². The van der Waals surface area contributed by atoms with Gasteiger partial charge in [0.1, 0.15) is 11.4 Å². The van der Waals surface area contributed by atoms with Crippen molar-refractivity contribution in [2.45, 2.75) is 44.6 Å². The lowest BCUT2D eigenvalue weighted by Crippen LogP contribution is -2.41. The minimum atomic E-state index is -3.93. The zero-order chi connectivity index (χ0) is 19.1. The third-order valence-electron chi connectivity index (χ3n) is 4.54. The van der Waals surface area contributed by atoms with Crippen molar-refractivity contribution in [3.05, 3.63) is 41.2 Å². The first kappa shape index (κ1) is 18.4. The van der Waals surface area contributed by atoms with Crippen LogP contribution in [0.1, 0.15) is 29.8 Å². The quantitative estimate of drug-likeness (QED) is 0.833. The third-order valence-corrected chi connectivity index (χ3v) is 6.57. The minimum absolute atomic E-state index is 0.153. The minimum Gasteiger partial charge on any atom is -0.352 e. The fourth-order valence-corrected chi connectivity index (χ4v) is 4.72. The van der Waals surface area contributed by atoms with Crippen LogP contribution in [0.5, 0.6) is 0 Å². The Hall–Kier alpha value is -2.35. The van der Waals surface area contributed by atoms with Crippen molar-refractivity contribution >= 4 is 21.6 Å². The molecule has 1 amide bonds. The topological polar surface area (TPSA) is 84.3 Å². The summed E-state index contributed by atoms with van der Waals surface area (Å²) in [6.45, 7) is 5.05. The fourth-order valence-electron chi connectivity index (χ4n) is 2.90. The second-order valence-electron chi connectivity index (χ2n) is 6.81. The molecule has 140 valence electrons. The number of amides is 1. The molecule has 1 heterocycles. The first-order chi connectivity index (χ1) is 12.2. The van der Waals surface area contributed by atoms with Gasteiger partial charge >= 0.3 is 0 Å². The van der Waals surface area contributed by atoms with E-state index in [1.54, 1.807) is 37.7 Å². The number of nitrogens with zero attached hydrogens (tertiary/aromatic N) is 3. The lowest BCUT2D eigenvalue weighted by atomic mass is 10.2. The van der Waals surface area contributed by atoms with E-state index in [1.807, 2.05) is 19.1 Å². The Bertz CT molecular complexity index is 928. The van der Waals surface area contributed by atoms with Crippen molar-refractivity contribution in [1.82, 2.24) is 15.1 Å². The molecule has 0 saturated heterocycles. The molecule has 3 rings (SSSR count). The third kappa shape index (κ3) is 3.60. The van der Waals surface area contributed by atoms with Gasteiger partial charge in [-0.1, -0.05) is 17.7 Å². The van der Waals surface area contributed by atoms with Crippen LogP contribution in [0.3, 0.4) is 0 Å².